The lowest BCUT2D eigenvalue weighted by molar-refractivity contribution is -0.121. The molecule has 0 aromatic heterocycles. The van der Waals surface area contributed by atoms with Crippen LogP contribution in [0, 0.1) is 5.92 Å². The number of benzene rings is 1. The predicted molar refractivity (Wildman–Crippen MR) is 59.6 cm³/mol. The lowest BCUT2D eigenvalue weighted by Crippen LogP contribution is -2.07. The van der Waals surface area contributed by atoms with Crippen molar-refractivity contribution in [3.05, 3.63) is 34.9 Å². The molecule has 1 nitrogen and oxygen atoms in total. The van der Waals surface area contributed by atoms with Crippen LogP contribution in [0.1, 0.15) is 25.8 Å². The van der Waals surface area contributed by atoms with Crippen molar-refractivity contribution in [3.8, 4) is 0 Å². The fourth-order valence-electron chi connectivity index (χ4n) is 1.25. The summed E-state index contributed by atoms with van der Waals surface area (Å²) in [5.74, 6) is 0.444. The number of aryl methyl sites for hydroxylation is 1. The van der Waals surface area contributed by atoms with Gasteiger partial charge < -0.3 is 0 Å². The maximum atomic E-state index is 11.4. The van der Waals surface area contributed by atoms with Crippen molar-refractivity contribution in [2.75, 3.05) is 0 Å². The van der Waals surface area contributed by atoms with Crippen molar-refractivity contribution >= 4 is 17.4 Å². The zero-order valence-corrected chi connectivity index (χ0v) is 9.34. The molecule has 1 aromatic carbocycles. The first kappa shape index (κ1) is 11.3. The lowest BCUT2D eigenvalue weighted by atomic mass is 10.0. The Morgan fingerprint density at radius 1 is 1.43 bits per heavy atom. The molecular formula is C12H15ClO. The topological polar surface area (TPSA) is 17.1 Å². The molecule has 14 heavy (non-hydrogen) atoms. The molecule has 0 aliphatic rings. The standard InChI is InChI=1S/C12H15ClO/c1-9(2)12(14)7-6-10-4-3-5-11(13)8-10/h3-5,8-9H,6-7H2,1-2H3. The van der Waals surface area contributed by atoms with Gasteiger partial charge in [0, 0.05) is 17.4 Å². The number of ketones is 1. The average Bonchev–Trinajstić information content (AvgIpc) is 2.14. The second-order valence-electron chi connectivity index (χ2n) is 3.75. The summed E-state index contributed by atoms with van der Waals surface area (Å²) in [7, 11) is 0. The molecule has 0 fully saturated rings. The van der Waals surface area contributed by atoms with Crippen LogP contribution in [-0.2, 0) is 11.2 Å². The number of carbonyl (C=O) groups excluding carboxylic acids is 1. The van der Waals surface area contributed by atoms with Gasteiger partial charge in [0.1, 0.15) is 5.78 Å². The summed E-state index contributed by atoms with van der Waals surface area (Å²) in [5, 5.41) is 0.736. The minimum Gasteiger partial charge on any atom is -0.299 e. The fraction of sp³-hybridized carbons (Fsp3) is 0.417. The number of carbonyl (C=O) groups is 1. The van der Waals surface area contributed by atoms with Gasteiger partial charge in [0.25, 0.3) is 0 Å². The summed E-state index contributed by atoms with van der Waals surface area (Å²) in [6, 6.07) is 7.67. The highest BCUT2D eigenvalue weighted by molar-refractivity contribution is 6.30. The zero-order valence-electron chi connectivity index (χ0n) is 8.59. The highest BCUT2D eigenvalue weighted by Gasteiger charge is 2.06. The third-order valence-electron chi connectivity index (χ3n) is 2.19. The first-order valence-corrected chi connectivity index (χ1v) is 5.24. The van der Waals surface area contributed by atoms with Crippen LogP contribution in [0.25, 0.3) is 0 Å². The molecule has 0 heterocycles. The predicted octanol–water partition coefficient (Wildman–Crippen LogP) is 3.50. The monoisotopic (exact) mass is 210 g/mol. The van der Waals surface area contributed by atoms with E-state index in [2.05, 4.69) is 0 Å². The van der Waals surface area contributed by atoms with Gasteiger partial charge in [-0.2, -0.15) is 0 Å². The van der Waals surface area contributed by atoms with Crippen molar-refractivity contribution in [2.24, 2.45) is 5.92 Å². The van der Waals surface area contributed by atoms with Gasteiger partial charge in [-0.05, 0) is 24.1 Å². The zero-order chi connectivity index (χ0) is 10.6. The van der Waals surface area contributed by atoms with Crippen LogP contribution in [-0.4, -0.2) is 5.78 Å². The smallest absolute Gasteiger partial charge is 0.135 e. The molecule has 0 saturated carbocycles. The first-order chi connectivity index (χ1) is 6.59. The number of rotatable bonds is 4. The summed E-state index contributed by atoms with van der Waals surface area (Å²) in [6.07, 6.45) is 1.40. The first-order valence-electron chi connectivity index (χ1n) is 4.86. The fourth-order valence-corrected chi connectivity index (χ4v) is 1.46. The van der Waals surface area contributed by atoms with Gasteiger partial charge in [0.05, 0.1) is 0 Å². The molecule has 0 aliphatic heterocycles. The van der Waals surface area contributed by atoms with Crippen molar-refractivity contribution in [2.45, 2.75) is 26.7 Å². The van der Waals surface area contributed by atoms with Crippen molar-refractivity contribution in [1.29, 1.82) is 0 Å². The normalized spacial score (nSPS) is 10.6. The summed E-state index contributed by atoms with van der Waals surface area (Å²) >= 11 is 5.84. The van der Waals surface area contributed by atoms with Gasteiger partial charge in [-0.15, -0.1) is 0 Å². The summed E-state index contributed by atoms with van der Waals surface area (Å²) in [6.45, 7) is 3.86. The van der Waals surface area contributed by atoms with E-state index in [0.717, 1.165) is 17.0 Å². The molecule has 76 valence electrons. The van der Waals surface area contributed by atoms with E-state index in [1.807, 2.05) is 38.1 Å². The van der Waals surface area contributed by atoms with Crippen LogP contribution in [0.4, 0.5) is 0 Å². The molecule has 0 aliphatic carbocycles. The molecule has 1 aromatic rings. The largest absolute Gasteiger partial charge is 0.299 e. The second kappa shape index (κ2) is 5.16. The van der Waals surface area contributed by atoms with Crippen LogP contribution >= 0.6 is 11.6 Å². The highest BCUT2D eigenvalue weighted by Crippen LogP contribution is 2.13. The highest BCUT2D eigenvalue weighted by atomic mass is 35.5. The molecule has 0 N–H and O–H groups in total. The Hall–Kier alpha value is -0.820. The lowest BCUT2D eigenvalue weighted by Gasteiger charge is -2.04. The van der Waals surface area contributed by atoms with E-state index in [1.54, 1.807) is 0 Å². The minimum atomic E-state index is 0.134. The van der Waals surface area contributed by atoms with Crippen molar-refractivity contribution < 1.29 is 4.79 Å². The van der Waals surface area contributed by atoms with E-state index in [0.29, 0.717) is 12.2 Å². The third-order valence-corrected chi connectivity index (χ3v) is 2.43. The molecule has 1 rings (SSSR count). The van der Waals surface area contributed by atoms with Gasteiger partial charge in [-0.25, -0.2) is 0 Å². The second-order valence-corrected chi connectivity index (χ2v) is 4.19. The summed E-state index contributed by atoms with van der Waals surface area (Å²) in [4.78, 5) is 11.4. The van der Waals surface area contributed by atoms with E-state index in [-0.39, 0.29) is 5.92 Å². The third kappa shape index (κ3) is 3.51. The Balaban J connectivity index is 2.50. The van der Waals surface area contributed by atoms with Crippen molar-refractivity contribution in [1.82, 2.24) is 0 Å². The van der Waals surface area contributed by atoms with E-state index in [1.165, 1.54) is 0 Å². The van der Waals surface area contributed by atoms with Gasteiger partial charge >= 0.3 is 0 Å². The Bertz CT molecular complexity index is 318. The molecule has 0 saturated heterocycles. The maximum Gasteiger partial charge on any atom is 0.135 e. The van der Waals surface area contributed by atoms with Crippen LogP contribution in [0.15, 0.2) is 24.3 Å². The van der Waals surface area contributed by atoms with Gasteiger partial charge in [0.15, 0.2) is 0 Å². The molecule has 0 unspecified atom stereocenters. The number of halogens is 1. The molecule has 2 heteroatoms. The molecule has 0 amide bonds. The van der Waals surface area contributed by atoms with Crippen molar-refractivity contribution in [3.63, 3.8) is 0 Å². The Morgan fingerprint density at radius 2 is 2.14 bits per heavy atom. The molecule has 0 bridgehead atoms. The van der Waals surface area contributed by atoms with E-state index in [9.17, 15) is 4.79 Å². The Kier molecular flexibility index (Phi) is 4.15. The molecular weight excluding hydrogens is 196 g/mol. The minimum absolute atomic E-state index is 0.134. The van der Waals surface area contributed by atoms with Crippen LogP contribution in [0.2, 0.25) is 5.02 Å². The summed E-state index contributed by atoms with van der Waals surface area (Å²) in [5.41, 5.74) is 1.13. The van der Waals surface area contributed by atoms with E-state index >= 15 is 0 Å². The number of hydrogen-bond acceptors (Lipinski definition) is 1. The Morgan fingerprint density at radius 3 is 2.71 bits per heavy atom. The maximum absolute atomic E-state index is 11.4. The summed E-state index contributed by atoms with van der Waals surface area (Å²) < 4.78 is 0. The molecule has 0 spiro atoms. The van der Waals surface area contributed by atoms with Gasteiger partial charge in [-0.1, -0.05) is 37.6 Å². The molecule has 0 atom stereocenters. The quantitative estimate of drug-likeness (QED) is 0.744. The Labute approximate surface area is 90.1 Å². The van der Waals surface area contributed by atoms with Gasteiger partial charge in [0.2, 0.25) is 0 Å². The number of Topliss-reactive ketones (excluding diaryl/α,β-unsaturated/α-hetero) is 1. The van der Waals surface area contributed by atoms with Gasteiger partial charge in [-0.3, -0.25) is 4.79 Å². The number of hydrogen-bond donors (Lipinski definition) is 0. The molecule has 0 radical (unpaired) electrons. The van der Waals surface area contributed by atoms with E-state index < -0.39 is 0 Å². The van der Waals surface area contributed by atoms with Crippen LogP contribution in [0.3, 0.4) is 0 Å². The SMILES string of the molecule is CC(C)C(=O)CCc1cccc(Cl)c1. The van der Waals surface area contributed by atoms with E-state index in [4.69, 9.17) is 11.6 Å². The van der Waals surface area contributed by atoms with Crippen LogP contribution < -0.4 is 0 Å². The van der Waals surface area contributed by atoms with Crippen LogP contribution in [0.5, 0.6) is 0 Å². The average molecular weight is 211 g/mol.